The van der Waals surface area contributed by atoms with Gasteiger partial charge < -0.3 is 19.9 Å². The van der Waals surface area contributed by atoms with Crippen LogP contribution in [0.15, 0.2) is 78.2 Å². The van der Waals surface area contributed by atoms with Crippen molar-refractivity contribution in [1.29, 1.82) is 5.26 Å². The number of esters is 1. The molecule has 170 valence electrons. The SMILES string of the molecule is Cc1ccccc1OCC(=O)Oc1ccc2c(c1)OC(N)=C(C#N)C2c1cccc([N+](=O)[O-])c1. The Bertz CT molecular complexity index is 1360. The predicted octanol–water partition coefficient (Wildman–Crippen LogP) is 4.11. The number of fused-ring (bicyclic) bond motifs is 1. The fourth-order valence-corrected chi connectivity index (χ4v) is 3.68. The summed E-state index contributed by atoms with van der Waals surface area (Å²) >= 11 is 0. The molecule has 3 aromatic carbocycles. The summed E-state index contributed by atoms with van der Waals surface area (Å²) in [6.07, 6.45) is 0. The number of benzene rings is 3. The van der Waals surface area contributed by atoms with Gasteiger partial charge in [0, 0.05) is 23.8 Å². The van der Waals surface area contributed by atoms with Gasteiger partial charge >= 0.3 is 5.97 Å². The zero-order valence-electron chi connectivity index (χ0n) is 18.1. The molecule has 0 bridgehead atoms. The third kappa shape index (κ3) is 4.52. The predicted molar refractivity (Wildman–Crippen MR) is 121 cm³/mol. The molecule has 0 radical (unpaired) electrons. The van der Waals surface area contributed by atoms with E-state index in [0.717, 1.165) is 5.56 Å². The third-order valence-electron chi connectivity index (χ3n) is 5.28. The molecule has 1 aliphatic rings. The Labute approximate surface area is 194 Å². The van der Waals surface area contributed by atoms with Gasteiger partial charge in [-0.1, -0.05) is 36.4 Å². The minimum Gasteiger partial charge on any atom is -0.482 e. The lowest BCUT2D eigenvalue weighted by Gasteiger charge is -2.26. The normalized spacial score (nSPS) is 14.4. The molecule has 0 fully saturated rings. The molecule has 0 saturated carbocycles. The van der Waals surface area contributed by atoms with Crippen molar-refractivity contribution >= 4 is 11.7 Å². The molecule has 9 heteroatoms. The number of hydrogen-bond donors (Lipinski definition) is 1. The van der Waals surface area contributed by atoms with Crippen LogP contribution in [0.4, 0.5) is 5.69 Å². The van der Waals surface area contributed by atoms with Gasteiger partial charge in [-0.3, -0.25) is 10.1 Å². The van der Waals surface area contributed by atoms with E-state index in [1.807, 2.05) is 25.1 Å². The first-order valence-electron chi connectivity index (χ1n) is 10.2. The molecule has 9 nitrogen and oxygen atoms in total. The first-order chi connectivity index (χ1) is 16.4. The first-order valence-corrected chi connectivity index (χ1v) is 10.2. The average Bonchev–Trinajstić information content (AvgIpc) is 2.82. The molecule has 1 atom stereocenters. The summed E-state index contributed by atoms with van der Waals surface area (Å²) in [4.78, 5) is 23.0. The lowest BCUT2D eigenvalue weighted by atomic mass is 9.83. The molecule has 3 aromatic rings. The Hall–Kier alpha value is -4.84. The smallest absolute Gasteiger partial charge is 0.349 e. The van der Waals surface area contributed by atoms with Gasteiger partial charge in [-0.15, -0.1) is 0 Å². The largest absolute Gasteiger partial charge is 0.482 e. The number of nitro groups is 1. The molecule has 0 spiro atoms. The monoisotopic (exact) mass is 457 g/mol. The van der Waals surface area contributed by atoms with E-state index in [9.17, 15) is 20.2 Å². The number of nitriles is 1. The van der Waals surface area contributed by atoms with Crippen LogP contribution in [0.2, 0.25) is 0 Å². The number of ether oxygens (including phenoxy) is 3. The van der Waals surface area contributed by atoms with E-state index in [4.69, 9.17) is 19.9 Å². The maximum Gasteiger partial charge on any atom is 0.349 e. The second-order valence-electron chi connectivity index (χ2n) is 7.50. The number of nitro benzene ring substituents is 1. The highest BCUT2D eigenvalue weighted by molar-refractivity contribution is 5.74. The van der Waals surface area contributed by atoms with Gasteiger partial charge in [0.2, 0.25) is 5.88 Å². The number of carbonyl (C=O) groups excluding carboxylic acids is 1. The summed E-state index contributed by atoms with van der Waals surface area (Å²) in [5.74, 6) is -0.368. The van der Waals surface area contributed by atoms with Crippen molar-refractivity contribution in [3.05, 3.63) is 105 Å². The maximum atomic E-state index is 12.3. The lowest BCUT2D eigenvalue weighted by molar-refractivity contribution is -0.384. The van der Waals surface area contributed by atoms with E-state index >= 15 is 0 Å². The highest BCUT2D eigenvalue weighted by Gasteiger charge is 2.32. The number of hydrogen-bond acceptors (Lipinski definition) is 8. The summed E-state index contributed by atoms with van der Waals surface area (Å²) in [6, 6.07) is 20.0. The topological polar surface area (TPSA) is 138 Å². The van der Waals surface area contributed by atoms with Crippen molar-refractivity contribution in [1.82, 2.24) is 0 Å². The molecule has 0 amide bonds. The number of allylic oxidation sites excluding steroid dienone is 1. The van der Waals surface area contributed by atoms with Crippen LogP contribution in [0, 0.1) is 28.4 Å². The maximum absolute atomic E-state index is 12.3. The Morgan fingerprint density at radius 2 is 1.97 bits per heavy atom. The number of nitrogens with zero attached hydrogens (tertiary/aromatic N) is 2. The van der Waals surface area contributed by atoms with Crippen molar-refractivity contribution in [2.24, 2.45) is 5.73 Å². The van der Waals surface area contributed by atoms with Crippen LogP contribution in [0.1, 0.15) is 22.6 Å². The summed E-state index contributed by atoms with van der Waals surface area (Å²) in [5, 5.41) is 20.9. The van der Waals surface area contributed by atoms with Gasteiger partial charge in [-0.2, -0.15) is 5.26 Å². The summed E-state index contributed by atoms with van der Waals surface area (Å²) < 4.78 is 16.5. The molecule has 0 aliphatic carbocycles. The van der Waals surface area contributed by atoms with E-state index in [1.54, 1.807) is 36.4 Å². The van der Waals surface area contributed by atoms with Crippen LogP contribution in [0.25, 0.3) is 0 Å². The second-order valence-corrected chi connectivity index (χ2v) is 7.50. The third-order valence-corrected chi connectivity index (χ3v) is 5.28. The average molecular weight is 457 g/mol. The molecule has 1 aliphatic heterocycles. The van der Waals surface area contributed by atoms with Crippen molar-refractivity contribution < 1.29 is 23.9 Å². The highest BCUT2D eigenvalue weighted by Crippen LogP contribution is 2.43. The molecule has 0 saturated heterocycles. The second kappa shape index (κ2) is 9.34. The Morgan fingerprint density at radius 1 is 1.18 bits per heavy atom. The van der Waals surface area contributed by atoms with Crippen LogP contribution in [0.3, 0.4) is 0 Å². The van der Waals surface area contributed by atoms with Crippen molar-refractivity contribution in [3.8, 4) is 23.3 Å². The minimum absolute atomic E-state index is 0.111. The zero-order chi connectivity index (χ0) is 24.2. The van der Waals surface area contributed by atoms with Crippen molar-refractivity contribution in [3.63, 3.8) is 0 Å². The van der Waals surface area contributed by atoms with Crippen molar-refractivity contribution in [2.45, 2.75) is 12.8 Å². The van der Waals surface area contributed by atoms with Gasteiger partial charge in [0.05, 0.1) is 10.8 Å². The summed E-state index contributed by atoms with van der Waals surface area (Å²) in [5.41, 5.74) is 7.95. The number of carbonyl (C=O) groups is 1. The van der Waals surface area contributed by atoms with Gasteiger partial charge in [-0.05, 0) is 30.2 Å². The Balaban J connectivity index is 1.58. The van der Waals surface area contributed by atoms with Crippen LogP contribution in [-0.4, -0.2) is 17.5 Å². The standard InChI is InChI=1S/C25H19N3O6/c1-15-5-2-3-8-21(15)32-14-23(29)33-18-9-10-19-22(12-18)34-25(27)20(13-26)24(19)16-6-4-7-17(11-16)28(30)31/h2-12,24H,14,27H2,1H3. The number of nitrogens with two attached hydrogens (primary N) is 1. The lowest BCUT2D eigenvalue weighted by Crippen LogP contribution is -2.22. The van der Waals surface area contributed by atoms with E-state index in [1.165, 1.54) is 18.2 Å². The minimum atomic E-state index is -0.678. The number of para-hydroxylation sites is 1. The first kappa shape index (κ1) is 22.4. The van der Waals surface area contributed by atoms with Gasteiger partial charge in [0.15, 0.2) is 6.61 Å². The summed E-state index contributed by atoms with van der Waals surface area (Å²) in [6.45, 7) is 1.58. The zero-order valence-corrected chi connectivity index (χ0v) is 18.1. The van der Waals surface area contributed by atoms with Gasteiger partial charge in [-0.25, -0.2) is 4.79 Å². The molecule has 0 aromatic heterocycles. The van der Waals surface area contributed by atoms with Crippen LogP contribution >= 0.6 is 0 Å². The fourth-order valence-electron chi connectivity index (χ4n) is 3.68. The molecular formula is C25H19N3O6. The Kier molecular flexibility index (Phi) is 6.14. The highest BCUT2D eigenvalue weighted by atomic mass is 16.6. The number of rotatable bonds is 6. The van der Waals surface area contributed by atoms with Crippen molar-refractivity contribution in [2.75, 3.05) is 6.61 Å². The molecule has 1 unspecified atom stereocenters. The number of non-ortho nitro benzene ring substituents is 1. The van der Waals surface area contributed by atoms with Crippen LogP contribution in [0.5, 0.6) is 17.2 Å². The van der Waals surface area contributed by atoms with E-state index in [0.29, 0.717) is 16.9 Å². The molecular weight excluding hydrogens is 438 g/mol. The Morgan fingerprint density at radius 3 is 2.71 bits per heavy atom. The van der Waals surface area contributed by atoms with Crippen LogP contribution in [-0.2, 0) is 4.79 Å². The summed E-state index contributed by atoms with van der Waals surface area (Å²) in [7, 11) is 0. The van der Waals surface area contributed by atoms with Gasteiger partial charge in [0.25, 0.3) is 5.69 Å². The molecule has 34 heavy (non-hydrogen) atoms. The van der Waals surface area contributed by atoms with E-state index in [-0.39, 0.29) is 35.2 Å². The molecule has 4 rings (SSSR count). The van der Waals surface area contributed by atoms with Gasteiger partial charge in [0.1, 0.15) is 28.9 Å². The molecule has 2 N–H and O–H groups in total. The quantitative estimate of drug-likeness (QED) is 0.253. The molecule has 1 heterocycles. The van der Waals surface area contributed by atoms with E-state index in [2.05, 4.69) is 0 Å². The number of aryl methyl sites for hydroxylation is 1. The fraction of sp³-hybridized carbons (Fsp3) is 0.120. The van der Waals surface area contributed by atoms with Crippen LogP contribution < -0.4 is 19.9 Å². The van der Waals surface area contributed by atoms with E-state index < -0.39 is 16.8 Å².